The lowest BCUT2D eigenvalue weighted by Gasteiger charge is -2.12. The Balaban J connectivity index is 3.58. The molecule has 1 unspecified atom stereocenters. The Labute approximate surface area is 85.7 Å². The Hall–Kier alpha value is -0.820. The molecule has 0 amide bonds. The van der Waals surface area contributed by atoms with E-state index in [2.05, 4.69) is 4.74 Å². The molecule has 0 saturated carbocycles. The Kier molecular flexibility index (Phi) is 6.26. The van der Waals surface area contributed by atoms with Crippen LogP contribution >= 0.6 is 0 Å². The summed E-state index contributed by atoms with van der Waals surface area (Å²) in [5.74, 6) is -0.733. The number of hydrogen-bond acceptors (Lipinski definition) is 4. The predicted octanol–water partition coefficient (Wildman–Crippen LogP) is 0.716. The Morgan fingerprint density at radius 3 is 2.53 bits per heavy atom. The molecular weight excluding hydrogens is 215 g/mol. The molecule has 0 saturated heterocycles. The summed E-state index contributed by atoms with van der Waals surface area (Å²) in [5, 5.41) is 1.93. The third-order valence-corrected chi connectivity index (χ3v) is 1.33. The summed E-state index contributed by atoms with van der Waals surface area (Å²) in [5.41, 5.74) is 0. The van der Waals surface area contributed by atoms with Crippen LogP contribution in [0.15, 0.2) is 0 Å². The SMILES string of the molecule is COCC(C)OC(=O)CNCC(F)(F)F. The molecule has 0 spiro atoms. The number of methoxy groups -OCH3 is 1. The number of carbonyl (C=O) groups excluding carboxylic acids is 1. The molecule has 7 heteroatoms. The van der Waals surface area contributed by atoms with Crippen LogP contribution < -0.4 is 5.32 Å². The van der Waals surface area contributed by atoms with Gasteiger partial charge in [0, 0.05) is 7.11 Å². The molecule has 0 rings (SSSR count). The van der Waals surface area contributed by atoms with E-state index < -0.39 is 31.3 Å². The van der Waals surface area contributed by atoms with E-state index in [-0.39, 0.29) is 6.61 Å². The molecule has 0 bridgehead atoms. The minimum Gasteiger partial charge on any atom is -0.459 e. The van der Waals surface area contributed by atoms with Crippen molar-refractivity contribution in [3.8, 4) is 0 Å². The monoisotopic (exact) mass is 229 g/mol. The van der Waals surface area contributed by atoms with Crippen LogP contribution in [0, 0.1) is 0 Å². The fourth-order valence-electron chi connectivity index (χ4n) is 0.841. The van der Waals surface area contributed by atoms with Crippen molar-refractivity contribution in [3.63, 3.8) is 0 Å². The van der Waals surface area contributed by atoms with Gasteiger partial charge in [-0.05, 0) is 6.92 Å². The normalized spacial score (nSPS) is 13.7. The average Bonchev–Trinajstić information content (AvgIpc) is 2.01. The van der Waals surface area contributed by atoms with Crippen molar-refractivity contribution in [1.82, 2.24) is 5.32 Å². The molecule has 1 atom stereocenters. The van der Waals surface area contributed by atoms with E-state index in [0.29, 0.717) is 0 Å². The molecule has 0 aromatic rings. The molecule has 15 heavy (non-hydrogen) atoms. The Morgan fingerprint density at radius 2 is 2.07 bits per heavy atom. The summed E-state index contributed by atoms with van der Waals surface area (Å²) in [6.45, 7) is 0.129. The minimum absolute atomic E-state index is 0.213. The standard InChI is InChI=1S/C8H14F3NO3/c1-6(4-14-2)15-7(13)3-12-5-8(9,10)11/h6,12H,3-5H2,1-2H3. The van der Waals surface area contributed by atoms with Gasteiger partial charge in [0.2, 0.25) is 0 Å². The summed E-state index contributed by atoms with van der Waals surface area (Å²) < 4.78 is 44.4. The molecular formula is C8H14F3NO3. The first-order valence-corrected chi connectivity index (χ1v) is 4.31. The highest BCUT2D eigenvalue weighted by atomic mass is 19.4. The van der Waals surface area contributed by atoms with Crippen LogP contribution in [0.1, 0.15) is 6.92 Å². The van der Waals surface area contributed by atoms with E-state index in [1.54, 1.807) is 6.92 Å². The lowest BCUT2D eigenvalue weighted by atomic mass is 10.4. The Bertz CT molecular complexity index is 196. The van der Waals surface area contributed by atoms with Gasteiger partial charge in [0.1, 0.15) is 6.10 Å². The third-order valence-electron chi connectivity index (χ3n) is 1.33. The van der Waals surface area contributed by atoms with E-state index in [0.717, 1.165) is 0 Å². The van der Waals surface area contributed by atoms with Crippen LogP contribution in [0.5, 0.6) is 0 Å². The predicted molar refractivity (Wildman–Crippen MR) is 46.4 cm³/mol. The third kappa shape index (κ3) is 9.48. The maximum Gasteiger partial charge on any atom is 0.401 e. The van der Waals surface area contributed by atoms with Crippen molar-refractivity contribution in [2.45, 2.75) is 19.2 Å². The van der Waals surface area contributed by atoms with Crippen LogP contribution in [-0.4, -0.2) is 45.1 Å². The molecule has 0 aliphatic heterocycles. The maximum atomic E-state index is 11.7. The molecule has 1 N–H and O–H groups in total. The molecule has 90 valence electrons. The number of alkyl halides is 3. The smallest absolute Gasteiger partial charge is 0.401 e. The second-order valence-electron chi connectivity index (χ2n) is 2.97. The van der Waals surface area contributed by atoms with Gasteiger partial charge >= 0.3 is 12.1 Å². The van der Waals surface area contributed by atoms with Gasteiger partial charge in [-0.15, -0.1) is 0 Å². The summed E-state index contributed by atoms with van der Waals surface area (Å²) in [7, 11) is 1.44. The van der Waals surface area contributed by atoms with Crippen molar-refractivity contribution in [3.05, 3.63) is 0 Å². The van der Waals surface area contributed by atoms with E-state index in [1.807, 2.05) is 5.32 Å². The van der Waals surface area contributed by atoms with Crippen molar-refractivity contribution >= 4 is 5.97 Å². The first-order valence-electron chi connectivity index (χ1n) is 4.31. The molecule has 4 nitrogen and oxygen atoms in total. The van der Waals surface area contributed by atoms with Crippen molar-refractivity contribution in [2.24, 2.45) is 0 Å². The van der Waals surface area contributed by atoms with E-state index in [9.17, 15) is 18.0 Å². The zero-order chi connectivity index (χ0) is 11.9. The summed E-state index contributed by atoms with van der Waals surface area (Å²) in [4.78, 5) is 10.9. The Morgan fingerprint density at radius 1 is 1.47 bits per heavy atom. The highest BCUT2D eigenvalue weighted by molar-refractivity contribution is 5.71. The molecule has 0 radical (unpaired) electrons. The lowest BCUT2D eigenvalue weighted by Crippen LogP contribution is -2.35. The second kappa shape index (κ2) is 6.62. The molecule has 0 heterocycles. The van der Waals surface area contributed by atoms with Crippen LogP contribution in [0.4, 0.5) is 13.2 Å². The lowest BCUT2D eigenvalue weighted by molar-refractivity contribution is -0.151. The molecule has 0 aliphatic carbocycles. The van der Waals surface area contributed by atoms with Gasteiger partial charge in [0.05, 0.1) is 19.7 Å². The van der Waals surface area contributed by atoms with Crippen LogP contribution in [-0.2, 0) is 14.3 Å². The molecule has 0 fully saturated rings. The highest BCUT2D eigenvalue weighted by Gasteiger charge is 2.26. The van der Waals surface area contributed by atoms with Gasteiger partial charge in [-0.25, -0.2) is 0 Å². The number of halogens is 3. The van der Waals surface area contributed by atoms with E-state index in [4.69, 9.17) is 4.74 Å². The number of nitrogens with one attached hydrogen (secondary N) is 1. The first-order chi connectivity index (χ1) is 6.85. The fourth-order valence-corrected chi connectivity index (χ4v) is 0.841. The largest absolute Gasteiger partial charge is 0.459 e. The van der Waals surface area contributed by atoms with E-state index in [1.165, 1.54) is 7.11 Å². The van der Waals surface area contributed by atoms with Crippen molar-refractivity contribution < 1.29 is 27.4 Å². The number of ether oxygens (including phenoxy) is 2. The zero-order valence-electron chi connectivity index (χ0n) is 8.56. The number of carbonyl (C=O) groups is 1. The van der Waals surface area contributed by atoms with Gasteiger partial charge in [-0.3, -0.25) is 10.1 Å². The maximum absolute atomic E-state index is 11.7. The summed E-state index contributed by atoms with van der Waals surface area (Å²) in [6.07, 6.45) is -4.78. The van der Waals surface area contributed by atoms with Crippen LogP contribution in [0.3, 0.4) is 0 Å². The van der Waals surface area contributed by atoms with Gasteiger partial charge in [0.25, 0.3) is 0 Å². The van der Waals surface area contributed by atoms with Gasteiger partial charge < -0.3 is 9.47 Å². The van der Waals surface area contributed by atoms with Crippen molar-refractivity contribution in [2.75, 3.05) is 26.8 Å². The first kappa shape index (κ1) is 14.2. The molecule has 0 aromatic heterocycles. The minimum atomic E-state index is -4.32. The van der Waals surface area contributed by atoms with Gasteiger partial charge in [-0.2, -0.15) is 13.2 Å². The quantitative estimate of drug-likeness (QED) is 0.682. The zero-order valence-corrected chi connectivity index (χ0v) is 8.56. The van der Waals surface area contributed by atoms with Gasteiger partial charge in [-0.1, -0.05) is 0 Å². The van der Waals surface area contributed by atoms with Crippen molar-refractivity contribution in [1.29, 1.82) is 0 Å². The number of hydrogen-bond donors (Lipinski definition) is 1. The average molecular weight is 229 g/mol. The highest BCUT2D eigenvalue weighted by Crippen LogP contribution is 2.11. The van der Waals surface area contributed by atoms with Crippen LogP contribution in [0.25, 0.3) is 0 Å². The number of esters is 1. The second-order valence-corrected chi connectivity index (χ2v) is 2.97. The fraction of sp³-hybridized carbons (Fsp3) is 0.875. The van der Waals surface area contributed by atoms with Gasteiger partial charge in [0.15, 0.2) is 0 Å². The summed E-state index contributed by atoms with van der Waals surface area (Å²) in [6, 6.07) is 0. The van der Waals surface area contributed by atoms with E-state index >= 15 is 0 Å². The number of rotatable bonds is 6. The molecule has 0 aliphatic rings. The topological polar surface area (TPSA) is 47.6 Å². The molecule has 0 aromatic carbocycles. The van der Waals surface area contributed by atoms with Crippen LogP contribution in [0.2, 0.25) is 0 Å². The summed E-state index contributed by atoms with van der Waals surface area (Å²) >= 11 is 0.